The summed E-state index contributed by atoms with van der Waals surface area (Å²) < 4.78 is 26.8. The van der Waals surface area contributed by atoms with Crippen molar-refractivity contribution in [2.75, 3.05) is 13.1 Å². The zero-order valence-corrected chi connectivity index (χ0v) is 11.5. The summed E-state index contributed by atoms with van der Waals surface area (Å²) >= 11 is 0. The Bertz CT molecular complexity index is 364. The van der Waals surface area contributed by atoms with Crippen molar-refractivity contribution in [3.8, 4) is 0 Å². The summed E-state index contributed by atoms with van der Waals surface area (Å²) in [6, 6.07) is 4.42. The largest absolute Gasteiger partial charge is 0.317 e. The zero-order chi connectivity index (χ0) is 13.5. The third-order valence-corrected chi connectivity index (χ3v) is 3.03. The molecule has 3 heteroatoms. The Morgan fingerprint density at radius 2 is 1.94 bits per heavy atom. The Hall–Kier alpha value is -0.960. The molecule has 0 aliphatic heterocycles. The van der Waals surface area contributed by atoms with Gasteiger partial charge in [-0.3, -0.25) is 0 Å². The van der Waals surface area contributed by atoms with E-state index in [-0.39, 0.29) is 0 Å². The van der Waals surface area contributed by atoms with Gasteiger partial charge in [-0.25, -0.2) is 8.78 Å². The molecule has 1 nitrogen and oxygen atoms in total. The molecule has 0 heterocycles. The topological polar surface area (TPSA) is 12.0 Å². The predicted molar refractivity (Wildman–Crippen MR) is 71.6 cm³/mol. The van der Waals surface area contributed by atoms with Crippen LogP contribution in [0.1, 0.15) is 32.8 Å². The second kappa shape index (κ2) is 7.47. The van der Waals surface area contributed by atoms with E-state index in [9.17, 15) is 8.78 Å². The van der Waals surface area contributed by atoms with E-state index >= 15 is 0 Å². The molecular formula is C15H23F2N. The van der Waals surface area contributed by atoms with Crippen LogP contribution in [0.5, 0.6) is 0 Å². The quantitative estimate of drug-likeness (QED) is 0.782. The van der Waals surface area contributed by atoms with Crippen LogP contribution in [0, 0.1) is 23.5 Å². The highest BCUT2D eigenvalue weighted by molar-refractivity contribution is 5.19. The fourth-order valence-corrected chi connectivity index (χ4v) is 2.27. The lowest BCUT2D eigenvalue weighted by Crippen LogP contribution is -2.25. The van der Waals surface area contributed by atoms with E-state index < -0.39 is 11.6 Å². The number of hydrogen-bond acceptors (Lipinski definition) is 1. The Morgan fingerprint density at radius 1 is 1.22 bits per heavy atom. The summed E-state index contributed by atoms with van der Waals surface area (Å²) in [5.41, 5.74) is 0.485. The van der Waals surface area contributed by atoms with Gasteiger partial charge in [-0.1, -0.05) is 32.9 Å². The molecule has 18 heavy (non-hydrogen) atoms. The third kappa shape index (κ3) is 4.73. The van der Waals surface area contributed by atoms with Crippen molar-refractivity contribution in [3.63, 3.8) is 0 Å². The van der Waals surface area contributed by atoms with Crippen LogP contribution in [0.3, 0.4) is 0 Å². The second-order valence-electron chi connectivity index (χ2n) is 5.22. The second-order valence-corrected chi connectivity index (χ2v) is 5.22. The lowest BCUT2D eigenvalue weighted by molar-refractivity contribution is 0.380. The monoisotopic (exact) mass is 255 g/mol. The standard InChI is InChI=1S/C15H23F2N/c1-4-18-10-12(8-11(2)3)9-13-6-5-7-14(16)15(13)17/h5-7,11-12,18H,4,8-10H2,1-3H3. The average molecular weight is 255 g/mol. The van der Waals surface area contributed by atoms with Crippen molar-refractivity contribution in [2.24, 2.45) is 11.8 Å². The minimum atomic E-state index is -0.751. The third-order valence-electron chi connectivity index (χ3n) is 3.03. The van der Waals surface area contributed by atoms with E-state index in [2.05, 4.69) is 26.1 Å². The van der Waals surface area contributed by atoms with Gasteiger partial charge in [0.15, 0.2) is 11.6 Å². The van der Waals surface area contributed by atoms with E-state index in [0.29, 0.717) is 23.8 Å². The van der Waals surface area contributed by atoms with E-state index in [1.165, 1.54) is 6.07 Å². The number of nitrogens with one attached hydrogen (secondary N) is 1. The molecule has 0 saturated carbocycles. The Balaban J connectivity index is 2.72. The van der Waals surface area contributed by atoms with E-state index in [1.54, 1.807) is 12.1 Å². The predicted octanol–water partition coefficient (Wildman–Crippen LogP) is 3.78. The molecule has 1 aromatic carbocycles. The van der Waals surface area contributed by atoms with Crippen molar-refractivity contribution < 1.29 is 8.78 Å². The molecule has 0 amide bonds. The molecule has 0 aromatic heterocycles. The molecule has 0 bridgehead atoms. The molecule has 1 atom stereocenters. The summed E-state index contributed by atoms with van der Waals surface area (Å²) in [4.78, 5) is 0. The fourth-order valence-electron chi connectivity index (χ4n) is 2.27. The van der Waals surface area contributed by atoms with Crippen LogP contribution >= 0.6 is 0 Å². The highest BCUT2D eigenvalue weighted by Crippen LogP contribution is 2.20. The van der Waals surface area contributed by atoms with Crippen molar-refractivity contribution in [2.45, 2.75) is 33.6 Å². The van der Waals surface area contributed by atoms with Crippen LogP contribution in [-0.4, -0.2) is 13.1 Å². The van der Waals surface area contributed by atoms with Crippen LogP contribution in [0.25, 0.3) is 0 Å². The van der Waals surface area contributed by atoms with Gasteiger partial charge in [-0.15, -0.1) is 0 Å². The van der Waals surface area contributed by atoms with Gasteiger partial charge >= 0.3 is 0 Å². The average Bonchev–Trinajstić information content (AvgIpc) is 2.31. The first-order valence-electron chi connectivity index (χ1n) is 6.68. The number of rotatable bonds is 7. The van der Waals surface area contributed by atoms with Crippen LogP contribution in [-0.2, 0) is 6.42 Å². The van der Waals surface area contributed by atoms with Gasteiger partial charge in [0, 0.05) is 0 Å². The minimum Gasteiger partial charge on any atom is -0.317 e. The SMILES string of the molecule is CCNCC(Cc1cccc(F)c1F)CC(C)C. The zero-order valence-electron chi connectivity index (χ0n) is 11.5. The molecule has 102 valence electrons. The molecule has 0 aliphatic rings. The normalized spacial score (nSPS) is 13.0. The molecular weight excluding hydrogens is 232 g/mol. The van der Waals surface area contributed by atoms with Crippen molar-refractivity contribution in [3.05, 3.63) is 35.4 Å². The smallest absolute Gasteiger partial charge is 0.162 e. The van der Waals surface area contributed by atoms with Crippen LogP contribution < -0.4 is 5.32 Å². The first kappa shape index (κ1) is 15.1. The molecule has 1 aromatic rings. The van der Waals surface area contributed by atoms with Gasteiger partial charge in [0.05, 0.1) is 0 Å². The summed E-state index contributed by atoms with van der Waals surface area (Å²) in [7, 11) is 0. The van der Waals surface area contributed by atoms with Gasteiger partial charge in [0.1, 0.15) is 0 Å². The molecule has 0 fully saturated rings. The number of hydrogen-bond donors (Lipinski definition) is 1. The Kier molecular flexibility index (Phi) is 6.27. The van der Waals surface area contributed by atoms with Crippen LogP contribution in [0.4, 0.5) is 8.78 Å². The highest BCUT2D eigenvalue weighted by atomic mass is 19.2. The van der Waals surface area contributed by atoms with Gasteiger partial charge in [-0.05, 0) is 49.4 Å². The first-order chi connectivity index (χ1) is 8.54. The Labute approximate surface area is 109 Å². The molecule has 1 N–H and O–H groups in total. The summed E-state index contributed by atoms with van der Waals surface area (Å²) in [5.74, 6) is -0.534. The fraction of sp³-hybridized carbons (Fsp3) is 0.600. The molecule has 0 aliphatic carbocycles. The summed E-state index contributed by atoms with van der Waals surface area (Å²) in [6.07, 6.45) is 1.61. The van der Waals surface area contributed by atoms with Gasteiger partial charge in [0.2, 0.25) is 0 Å². The van der Waals surface area contributed by atoms with Crippen LogP contribution in [0.2, 0.25) is 0 Å². The number of halogens is 2. The molecule has 1 unspecified atom stereocenters. The summed E-state index contributed by atoms with van der Waals surface area (Å²) in [5, 5.41) is 3.29. The van der Waals surface area contributed by atoms with E-state index in [0.717, 1.165) is 19.5 Å². The van der Waals surface area contributed by atoms with Crippen molar-refractivity contribution in [1.29, 1.82) is 0 Å². The molecule has 0 radical (unpaired) electrons. The maximum absolute atomic E-state index is 13.6. The van der Waals surface area contributed by atoms with Gasteiger partial charge in [-0.2, -0.15) is 0 Å². The molecule has 1 rings (SSSR count). The van der Waals surface area contributed by atoms with Crippen molar-refractivity contribution in [1.82, 2.24) is 5.32 Å². The van der Waals surface area contributed by atoms with Crippen molar-refractivity contribution >= 4 is 0 Å². The lowest BCUT2D eigenvalue weighted by atomic mass is 9.90. The number of benzene rings is 1. The Morgan fingerprint density at radius 3 is 2.56 bits per heavy atom. The molecule has 0 saturated heterocycles. The van der Waals surface area contributed by atoms with E-state index in [4.69, 9.17) is 0 Å². The van der Waals surface area contributed by atoms with E-state index in [1.807, 2.05) is 0 Å². The van der Waals surface area contributed by atoms with Gasteiger partial charge in [0.25, 0.3) is 0 Å². The minimum absolute atomic E-state index is 0.348. The molecule has 0 spiro atoms. The van der Waals surface area contributed by atoms with Crippen LogP contribution in [0.15, 0.2) is 18.2 Å². The first-order valence-corrected chi connectivity index (χ1v) is 6.68. The lowest BCUT2D eigenvalue weighted by Gasteiger charge is -2.19. The maximum atomic E-state index is 13.6. The highest BCUT2D eigenvalue weighted by Gasteiger charge is 2.15. The van der Waals surface area contributed by atoms with Gasteiger partial charge < -0.3 is 5.32 Å². The maximum Gasteiger partial charge on any atom is 0.162 e. The summed E-state index contributed by atoms with van der Waals surface area (Å²) in [6.45, 7) is 8.11.